The normalized spacial score (nSPS) is 15.5. The fourth-order valence-corrected chi connectivity index (χ4v) is 1.47. The van der Waals surface area contributed by atoms with E-state index in [2.05, 4.69) is 11.7 Å². The van der Waals surface area contributed by atoms with E-state index in [1.807, 2.05) is 0 Å². The van der Waals surface area contributed by atoms with Crippen molar-refractivity contribution in [2.75, 3.05) is 33.7 Å². The Morgan fingerprint density at radius 2 is 2.00 bits per heavy atom. The molecule has 0 fully saturated rings. The smallest absolute Gasteiger partial charge is 0.308 e. The molecule has 0 aromatic carbocycles. The van der Waals surface area contributed by atoms with Gasteiger partial charge in [-0.15, -0.1) is 0 Å². The molecule has 3 atom stereocenters. The Bertz CT molecular complexity index is 260. The van der Waals surface area contributed by atoms with E-state index in [-0.39, 0.29) is 38.5 Å². The van der Waals surface area contributed by atoms with Crippen LogP contribution in [0.3, 0.4) is 0 Å². The molecule has 0 aromatic heterocycles. The minimum atomic E-state index is -0.995. The van der Waals surface area contributed by atoms with Gasteiger partial charge in [0.1, 0.15) is 19.0 Å². The maximum absolute atomic E-state index is 11.0. The van der Waals surface area contributed by atoms with Gasteiger partial charge in [0.25, 0.3) is 0 Å². The van der Waals surface area contributed by atoms with Gasteiger partial charge in [0, 0.05) is 6.61 Å². The number of carbonyl (C=O) groups excluding carboxylic acids is 1. The highest BCUT2D eigenvalue weighted by atomic mass is 16.7. The van der Waals surface area contributed by atoms with Crippen molar-refractivity contribution in [2.45, 2.75) is 51.4 Å². The van der Waals surface area contributed by atoms with Crippen molar-refractivity contribution < 1.29 is 34.0 Å². The average Bonchev–Trinajstić information content (AvgIpc) is 2.48. The first-order valence-electron chi connectivity index (χ1n) is 7.21. The Morgan fingerprint density at radius 3 is 2.57 bits per heavy atom. The second kappa shape index (κ2) is 13.0. The first-order valence-corrected chi connectivity index (χ1v) is 7.21. The van der Waals surface area contributed by atoms with Crippen molar-refractivity contribution in [3.63, 3.8) is 0 Å². The minimum Gasteiger partial charge on any atom is -0.469 e. The predicted octanol–water partition coefficient (Wildman–Crippen LogP) is 0.467. The molecule has 0 amide bonds. The van der Waals surface area contributed by atoms with Crippen molar-refractivity contribution in [3.05, 3.63) is 0 Å². The number of unbranched alkanes of at least 4 members (excludes halogenated alkanes) is 1. The van der Waals surface area contributed by atoms with E-state index in [4.69, 9.17) is 14.2 Å². The number of methoxy groups -OCH3 is 1. The molecule has 21 heavy (non-hydrogen) atoms. The van der Waals surface area contributed by atoms with Crippen LogP contribution in [0.25, 0.3) is 0 Å². The summed E-state index contributed by atoms with van der Waals surface area (Å²) in [7, 11) is 1.30. The van der Waals surface area contributed by atoms with Gasteiger partial charge in [0.2, 0.25) is 0 Å². The molecule has 0 saturated heterocycles. The molecule has 0 heterocycles. The number of hydrogen-bond acceptors (Lipinski definition) is 7. The van der Waals surface area contributed by atoms with Crippen LogP contribution in [0.2, 0.25) is 0 Å². The fourth-order valence-electron chi connectivity index (χ4n) is 1.47. The Balaban J connectivity index is 3.87. The summed E-state index contributed by atoms with van der Waals surface area (Å²) in [5, 5.41) is 19.0. The molecule has 0 spiro atoms. The largest absolute Gasteiger partial charge is 0.469 e. The maximum atomic E-state index is 11.0. The monoisotopic (exact) mass is 308 g/mol. The predicted molar refractivity (Wildman–Crippen MR) is 75.7 cm³/mol. The highest BCUT2D eigenvalue weighted by molar-refractivity contribution is 5.69. The van der Waals surface area contributed by atoms with Crippen molar-refractivity contribution >= 4 is 5.97 Å². The molecule has 2 N–H and O–H groups in total. The molecular formula is C14H28O7. The van der Waals surface area contributed by atoms with E-state index in [1.54, 1.807) is 6.92 Å². The van der Waals surface area contributed by atoms with Gasteiger partial charge in [-0.1, -0.05) is 13.3 Å². The number of rotatable bonds is 13. The molecule has 1 unspecified atom stereocenters. The third kappa shape index (κ3) is 10.6. The molecular weight excluding hydrogens is 280 g/mol. The molecule has 0 aliphatic rings. The quantitative estimate of drug-likeness (QED) is 0.290. The first kappa shape index (κ1) is 20.3. The number of esters is 1. The zero-order valence-corrected chi connectivity index (χ0v) is 13.1. The van der Waals surface area contributed by atoms with E-state index < -0.39 is 12.2 Å². The van der Waals surface area contributed by atoms with Gasteiger partial charge < -0.3 is 29.2 Å². The molecule has 0 bridgehead atoms. The topological polar surface area (TPSA) is 94.5 Å². The average molecular weight is 308 g/mol. The Hall–Kier alpha value is -0.730. The van der Waals surface area contributed by atoms with E-state index in [9.17, 15) is 15.0 Å². The second-order valence-electron chi connectivity index (χ2n) is 4.76. The van der Waals surface area contributed by atoms with Gasteiger partial charge >= 0.3 is 5.97 Å². The van der Waals surface area contributed by atoms with Crippen LogP contribution in [0.5, 0.6) is 0 Å². The van der Waals surface area contributed by atoms with Crippen LogP contribution in [-0.2, 0) is 23.7 Å². The summed E-state index contributed by atoms with van der Waals surface area (Å²) < 4.78 is 20.3. The molecule has 0 saturated carbocycles. The molecule has 7 heteroatoms. The number of hydrogen-bond donors (Lipinski definition) is 2. The second-order valence-corrected chi connectivity index (χ2v) is 4.76. The molecule has 0 aliphatic heterocycles. The third-order valence-electron chi connectivity index (χ3n) is 2.85. The molecule has 126 valence electrons. The van der Waals surface area contributed by atoms with Crippen molar-refractivity contribution in [3.8, 4) is 0 Å². The summed E-state index contributed by atoms with van der Waals surface area (Å²) in [6.45, 7) is 3.96. The van der Waals surface area contributed by atoms with Crippen LogP contribution in [-0.4, -0.2) is 68.2 Å². The Morgan fingerprint density at radius 1 is 1.29 bits per heavy atom. The molecule has 0 radical (unpaired) electrons. The summed E-state index contributed by atoms with van der Waals surface area (Å²) in [5.41, 5.74) is 0. The SMILES string of the molecule is CCCCOCOC(CO)[C@@H](O)CO[C@H](C)CC(=O)OC. The van der Waals surface area contributed by atoms with Crippen LogP contribution in [0, 0.1) is 0 Å². The summed E-state index contributed by atoms with van der Waals surface area (Å²) in [6, 6.07) is 0. The van der Waals surface area contributed by atoms with Gasteiger partial charge in [-0.25, -0.2) is 0 Å². The molecule has 0 rings (SSSR count). The van der Waals surface area contributed by atoms with E-state index in [0.717, 1.165) is 12.8 Å². The highest BCUT2D eigenvalue weighted by Crippen LogP contribution is 2.05. The lowest BCUT2D eigenvalue weighted by molar-refractivity contribution is -0.156. The van der Waals surface area contributed by atoms with Crippen LogP contribution < -0.4 is 0 Å². The minimum absolute atomic E-state index is 0.0139. The number of aliphatic hydroxyl groups excluding tert-OH is 2. The van der Waals surface area contributed by atoms with Crippen LogP contribution in [0.15, 0.2) is 0 Å². The summed E-state index contributed by atoms with van der Waals surface area (Å²) in [5.74, 6) is -0.378. The third-order valence-corrected chi connectivity index (χ3v) is 2.85. The van der Waals surface area contributed by atoms with Crippen molar-refractivity contribution in [2.24, 2.45) is 0 Å². The molecule has 0 aromatic rings. The number of carbonyl (C=O) groups is 1. The van der Waals surface area contributed by atoms with Gasteiger partial charge in [-0.05, 0) is 13.3 Å². The van der Waals surface area contributed by atoms with Crippen molar-refractivity contribution in [1.82, 2.24) is 0 Å². The van der Waals surface area contributed by atoms with Crippen LogP contribution >= 0.6 is 0 Å². The van der Waals surface area contributed by atoms with Crippen LogP contribution in [0.4, 0.5) is 0 Å². The van der Waals surface area contributed by atoms with Crippen LogP contribution in [0.1, 0.15) is 33.1 Å². The van der Waals surface area contributed by atoms with Gasteiger partial charge in [0.05, 0.1) is 32.8 Å². The molecule has 7 nitrogen and oxygen atoms in total. The zero-order chi connectivity index (χ0) is 16.1. The fraction of sp³-hybridized carbons (Fsp3) is 0.929. The van der Waals surface area contributed by atoms with Gasteiger partial charge in [-0.3, -0.25) is 4.79 Å². The lowest BCUT2D eigenvalue weighted by atomic mass is 10.2. The Labute approximate surface area is 126 Å². The zero-order valence-electron chi connectivity index (χ0n) is 13.1. The van der Waals surface area contributed by atoms with Crippen molar-refractivity contribution in [1.29, 1.82) is 0 Å². The lowest BCUT2D eigenvalue weighted by Crippen LogP contribution is -2.37. The maximum Gasteiger partial charge on any atom is 0.308 e. The Kier molecular flexibility index (Phi) is 12.5. The first-order chi connectivity index (χ1) is 10.0. The van der Waals surface area contributed by atoms with Gasteiger partial charge in [0.15, 0.2) is 0 Å². The lowest BCUT2D eigenvalue weighted by Gasteiger charge is -2.22. The van der Waals surface area contributed by atoms with E-state index in [1.165, 1.54) is 7.11 Å². The highest BCUT2D eigenvalue weighted by Gasteiger charge is 2.21. The molecule has 0 aliphatic carbocycles. The van der Waals surface area contributed by atoms with Gasteiger partial charge in [-0.2, -0.15) is 0 Å². The summed E-state index contributed by atoms with van der Waals surface area (Å²) in [6.07, 6.45) is -0.0930. The summed E-state index contributed by atoms with van der Waals surface area (Å²) in [4.78, 5) is 11.0. The number of aliphatic hydroxyl groups is 2. The number of ether oxygens (including phenoxy) is 4. The summed E-state index contributed by atoms with van der Waals surface area (Å²) >= 11 is 0. The standard InChI is InChI=1S/C14H28O7/c1-4-5-6-19-10-21-13(8-15)12(16)9-20-11(2)7-14(17)18-3/h11-13,15-16H,4-10H2,1-3H3/t11-,12+,13?/m1/s1. The van der Waals surface area contributed by atoms with E-state index >= 15 is 0 Å². The van der Waals surface area contributed by atoms with E-state index in [0.29, 0.717) is 6.61 Å².